The summed E-state index contributed by atoms with van der Waals surface area (Å²) in [5.74, 6) is -0.166. The second-order valence-corrected chi connectivity index (χ2v) is 10.2. The van der Waals surface area contributed by atoms with Gasteiger partial charge in [0.15, 0.2) is 0 Å². The summed E-state index contributed by atoms with van der Waals surface area (Å²) >= 11 is 13.3. The van der Waals surface area contributed by atoms with Gasteiger partial charge in [0.2, 0.25) is 5.91 Å². The highest BCUT2D eigenvalue weighted by Crippen LogP contribution is 2.36. The minimum absolute atomic E-state index is 0.0834. The highest BCUT2D eigenvalue weighted by atomic mass is 79.9. The third-order valence-corrected chi connectivity index (χ3v) is 6.64. The third-order valence-electron chi connectivity index (χ3n) is 5.25. The van der Waals surface area contributed by atoms with Crippen LogP contribution in [0.15, 0.2) is 69.6 Å². The summed E-state index contributed by atoms with van der Waals surface area (Å²) in [5.41, 5.74) is 3.53. The first-order valence-corrected chi connectivity index (χ1v) is 13.3. The molecule has 1 amide bonds. The van der Waals surface area contributed by atoms with Crippen LogP contribution in [0.25, 0.3) is 0 Å². The highest BCUT2D eigenvalue weighted by Gasteiger charge is 2.22. The highest BCUT2D eigenvalue weighted by molar-refractivity contribution is 9.11. The summed E-state index contributed by atoms with van der Waals surface area (Å²) in [7, 11) is 1.31. The number of carbonyl (C=O) groups is 2. The Bertz CT molecular complexity index is 1180. The molecule has 0 spiro atoms. The van der Waals surface area contributed by atoms with E-state index in [0.717, 1.165) is 28.9 Å². The smallest absolute Gasteiger partial charge is 0.328 e. The minimum atomic E-state index is -0.774. The third kappa shape index (κ3) is 8.25. The van der Waals surface area contributed by atoms with Crippen molar-refractivity contribution in [3.05, 3.63) is 91.3 Å². The van der Waals surface area contributed by atoms with Gasteiger partial charge >= 0.3 is 5.97 Å². The van der Waals surface area contributed by atoms with Crippen molar-refractivity contribution in [3.8, 4) is 5.75 Å². The van der Waals surface area contributed by atoms with Crippen LogP contribution in [0, 0.1) is 0 Å². The summed E-state index contributed by atoms with van der Waals surface area (Å²) in [6.07, 6.45) is 0.429. The van der Waals surface area contributed by atoms with Crippen LogP contribution in [-0.4, -0.2) is 31.6 Å². The second kappa shape index (κ2) is 13.7. The van der Waals surface area contributed by atoms with Gasteiger partial charge in [0, 0.05) is 23.7 Å². The number of hydrogen-bond acceptors (Lipinski definition) is 5. The Morgan fingerprint density at radius 3 is 2.31 bits per heavy atom. The molecule has 0 aliphatic rings. The standard InChI is InChI=1S/C27H27Br2ClN2O4/c1-3-31-21-10-19(9-20(30)15-21)16-36-26-22(28)11-18(12-23(26)29)14-25(33)32-24(27(34)35-2)13-17-7-5-4-6-8-17/h4-12,15,24,31H,3,13-14,16H2,1-2H3,(H,32,33). The summed E-state index contributed by atoms with van der Waals surface area (Å²) in [5, 5.41) is 6.67. The zero-order valence-corrected chi connectivity index (χ0v) is 23.9. The number of ether oxygens (including phenoxy) is 2. The molecule has 0 saturated heterocycles. The molecule has 2 N–H and O–H groups in total. The molecular weight excluding hydrogens is 612 g/mol. The first kappa shape index (κ1) is 28.0. The lowest BCUT2D eigenvalue weighted by Gasteiger charge is -2.17. The molecule has 0 bridgehead atoms. The summed E-state index contributed by atoms with van der Waals surface area (Å²) in [6, 6.07) is 18.1. The zero-order valence-electron chi connectivity index (χ0n) is 19.9. The predicted octanol–water partition coefficient (Wildman–Crippen LogP) is 6.32. The first-order chi connectivity index (χ1) is 17.3. The van der Waals surface area contributed by atoms with Crippen LogP contribution >= 0.6 is 43.5 Å². The Balaban J connectivity index is 1.66. The molecule has 0 aliphatic heterocycles. The number of nitrogens with one attached hydrogen (secondary N) is 2. The molecular formula is C27H27Br2ClN2O4. The lowest BCUT2D eigenvalue weighted by Crippen LogP contribution is -2.43. The van der Waals surface area contributed by atoms with E-state index in [0.29, 0.717) is 32.7 Å². The number of benzene rings is 3. The normalized spacial score (nSPS) is 11.5. The maximum Gasteiger partial charge on any atom is 0.328 e. The molecule has 0 radical (unpaired) electrons. The Morgan fingerprint density at radius 1 is 0.972 bits per heavy atom. The van der Waals surface area contributed by atoms with Crippen molar-refractivity contribution in [1.82, 2.24) is 5.32 Å². The van der Waals surface area contributed by atoms with E-state index in [1.807, 2.05) is 67.6 Å². The number of amides is 1. The maximum absolute atomic E-state index is 12.8. The molecule has 3 aromatic rings. The second-order valence-electron chi connectivity index (χ2n) is 8.07. The van der Waals surface area contributed by atoms with Gasteiger partial charge in [-0.1, -0.05) is 41.9 Å². The number of rotatable bonds is 11. The van der Waals surface area contributed by atoms with Gasteiger partial charge in [-0.2, -0.15) is 0 Å². The molecule has 6 nitrogen and oxygen atoms in total. The molecule has 36 heavy (non-hydrogen) atoms. The molecule has 190 valence electrons. The SMILES string of the molecule is CCNc1cc(Cl)cc(COc2c(Br)cc(CC(=O)NC(Cc3ccccc3)C(=O)OC)cc2Br)c1. The van der Waals surface area contributed by atoms with Crippen LogP contribution in [0.1, 0.15) is 23.6 Å². The molecule has 0 fully saturated rings. The monoisotopic (exact) mass is 636 g/mol. The zero-order chi connectivity index (χ0) is 26.1. The topological polar surface area (TPSA) is 76.7 Å². The van der Waals surface area contributed by atoms with Gasteiger partial charge in [0.25, 0.3) is 0 Å². The fraction of sp³-hybridized carbons (Fsp3) is 0.259. The number of anilines is 1. The van der Waals surface area contributed by atoms with Crippen molar-refractivity contribution in [3.63, 3.8) is 0 Å². The maximum atomic E-state index is 12.8. The molecule has 1 atom stereocenters. The van der Waals surface area contributed by atoms with Gasteiger partial charge < -0.3 is 20.1 Å². The van der Waals surface area contributed by atoms with Gasteiger partial charge in [-0.3, -0.25) is 4.79 Å². The molecule has 0 heterocycles. The van der Waals surface area contributed by atoms with Crippen molar-refractivity contribution < 1.29 is 19.1 Å². The van der Waals surface area contributed by atoms with Gasteiger partial charge in [0.1, 0.15) is 18.4 Å². The Hall–Kier alpha value is -2.55. The van der Waals surface area contributed by atoms with Crippen LogP contribution < -0.4 is 15.4 Å². The van der Waals surface area contributed by atoms with E-state index in [1.54, 1.807) is 0 Å². The van der Waals surface area contributed by atoms with Crippen LogP contribution in [0.5, 0.6) is 5.75 Å². The van der Waals surface area contributed by atoms with E-state index in [4.69, 9.17) is 21.1 Å². The van der Waals surface area contributed by atoms with Crippen molar-refractivity contribution >= 4 is 61.0 Å². The summed E-state index contributed by atoms with van der Waals surface area (Å²) in [4.78, 5) is 25.0. The molecule has 0 saturated carbocycles. The average molecular weight is 639 g/mol. The van der Waals surface area contributed by atoms with Gasteiger partial charge in [-0.05, 0) is 85.8 Å². The quantitative estimate of drug-likeness (QED) is 0.241. The fourth-order valence-electron chi connectivity index (χ4n) is 3.66. The molecule has 3 aromatic carbocycles. The predicted molar refractivity (Wildman–Crippen MR) is 150 cm³/mol. The number of halogens is 3. The Morgan fingerprint density at radius 2 is 1.67 bits per heavy atom. The van der Waals surface area contributed by atoms with E-state index < -0.39 is 12.0 Å². The number of carbonyl (C=O) groups excluding carboxylic acids is 2. The average Bonchev–Trinajstić information content (AvgIpc) is 2.83. The van der Waals surface area contributed by atoms with E-state index in [9.17, 15) is 9.59 Å². The van der Waals surface area contributed by atoms with E-state index in [-0.39, 0.29) is 12.3 Å². The van der Waals surface area contributed by atoms with Crippen LogP contribution in [0.2, 0.25) is 5.02 Å². The van der Waals surface area contributed by atoms with Crippen molar-refractivity contribution in [2.24, 2.45) is 0 Å². The van der Waals surface area contributed by atoms with Crippen LogP contribution in [-0.2, 0) is 33.8 Å². The number of methoxy groups -OCH3 is 1. The first-order valence-electron chi connectivity index (χ1n) is 11.3. The van der Waals surface area contributed by atoms with Gasteiger partial charge in [0.05, 0.1) is 22.5 Å². The van der Waals surface area contributed by atoms with Crippen molar-refractivity contribution in [1.29, 1.82) is 0 Å². The molecule has 9 heteroatoms. The lowest BCUT2D eigenvalue weighted by atomic mass is 10.1. The van der Waals surface area contributed by atoms with E-state index >= 15 is 0 Å². The molecule has 1 unspecified atom stereocenters. The Labute approximate surface area is 233 Å². The summed E-state index contributed by atoms with van der Waals surface area (Å²) in [6.45, 7) is 3.13. The van der Waals surface area contributed by atoms with Crippen LogP contribution in [0.3, 0.4) is 0 Å². The van der Waals surface area contributed by atoms with E-state index in [2.05, 4.69) is 42.5 Å². The van der Waals surface area contributed by atoms with Crippen LogP contribution in [0.4, 0.5) is 5.69 Å². The van der Waals surface area contributed by atoms with Gasteiger partial charge in [-0.15, -0.1) is 0 Å². The molecule has 3 rings (SSSR count). The lowest BCUT2D eigenvalue weighted by molar-refractivity contribution is -0.145. The van der Waals surface area contributed by atoms with Crippen molar-refractivity contribution in [2.45, 2.75) is 32.4 Å². The fourth-order valence-corrected chi connectivity index (χ4v) is 5.43. The van der Waals surface area contributed by atoms with Gasteiger partial charge in [-0.25, -0.2) is 4.79 Å². The summed E-state index contributed by atoms with van der Waals surface area (Å²) < 4.78 is 12.3. The molecule has 0 aliphatic carbocycles. The van der Waals surface area contributed by atoms with Crippen molar-refractivity contribution in [2.75, 3.05) is 19.0 Å². The number of esters is 1. The largest absolute Gasteiger partial charge is 0.487 e. The minimum Gasteiger partial charge on any atom is -0.487 e. The molecule has 0 aromatic heterocycles. The Kier molecular flexibility index (Phi) is 10.6. The number of hydrogen-bond donors (Lipinski definition) is 2. The van der Waals surface area contributed by atoms with E-state index in [1.165, 1.54) is 7.11 Å².